The standard InChI is InChI=1S/C14H20O5/c1-18-12-5-8-3-9(6-15)10(7-16)4-11(8)14(19-2)13(12)17/h5,9-10,15-17H,3-4,6-7H2,1-2H3/t9-,10+/m0/s1. The number of aliphatic hydroxyl groups is 2. The summed E-state index contributed by atoms with van der Waals surface area (Å²) < 4.78 is 10.4. The Kier molecular flexibility index (Phi) is 4.17. The van der Waals surface area contributed by atoms with Crippen molar-refractivity contribution in [1.82, 2.24) is 0 Å². The minimum atomic E-state index is -0.0146. The highest BCUT2D eigenvalue weighted by Crippen LogP contribution is 2.45. The zero-order chi connectivity index (χ0) is 14.0. The molecule has 0 amide bonds. The van der Waals surface area contributed by atoms with Crippen molar-refractivity contribution < 1.29 is 24.8 Å². The average Bonchev–Trinajstić information content (AvgIpc) is 2.45. The molecule has 2 rings (SSSR count). The number of fused-ring (bicyclic) bond motifs is 1. The molecule has 0 saturated heterocycles. The zero-order valence-corrected chi connectivity index (χ0v) is 11.2. The molecule has 0 aromatic heterocycles. The second kappa shape index (κ2) is 5.67. The third kappa shape index (κ3) is 2.35. The van der Waals surface area contributed by atoms with Crippen LogP contribution >= 0.6 is 0 Å². The number of rotatable bonds is 4. The predicted octanol–water partition coefficient (Wildman–Crippen LogP) is 0.725. The lowest BCUT2D eigenvalue weighted by Gasteiger charge is -2.32. The zero-order valence-electron chi connectivity index (χ0n) is 11.2. The highest BCUT2D eigenvalue weighted by atomic mass is 16.5. The smallest absolute Gasteiger partial charge is 0.201 e. The van der Waals surface area contributed by atoms with Crippen molar-refractivity contribution in [1.29, 1.82) is 0 Å². The van der Waals surface area contributed by atoms with Crippen molar-refractivity contribution in [2.45, 2.75) is 12.8 Å². The van der Waals surface area contributed by atoms with Crippen LogP contribution in [0.1, 0.15) is 11.1 Å². The van der Waals surface area contributed by atoms with Gasteiger partial charge in [-0.05, 0) is 36.3 Å². The number of aliphatic hydroxyl groups excluding tert-OH is 2. The molecule has 3 N–H and O–H groups in total. The van der Waals surface area contributed by atoms with E-state index in [1.165, 1.54) is 14.2 Å². The number of ether oxygens (including phenoxy) is 2. The van der Waals surface area contributed by atoms with Crippen LogP contribution in [0.4, 0.5) is 0 Å². The highest BCUT2D eigenvalue weighted by Gasteiger charge is 2.31. The highest BCUT2D eigenvalue weighted by molar-refractivity contribution is 5.59. The number of benzene rings is 1. The SMILES string of the molecule is COc1cc2c(c(OC)c1O)C[C@H](CO)[C@H](CO)C2. The van der Waals surface area contributed by atoms with Gasteiger partial charge in [0.05, 0.1) is 14.2 Å². The first-order chi connectivity index (χ1) is 9.15. The van der Waals surface area contributed by atoms with E-state index in [1.807, 2.05) is 0 Å². The molecule has 1 aliphatic carbocycles. The summed E-state index contributed by atoms with van der Waals surface area (Å²) in [7, 11) is 2.99. The van der Waals surface area contributed by atoms with Gasteiger partial charge in [-0.15, -0.1) is 0 Å². The first kappa shape index (κ1) is 14.0. The molecule has 0 unspecified atom stereocenters. The van der Waals surface area contributed by atoms with Gasteiger partial charge < -0.3 is 24.8 Å². The second-order valence-corrected chi connectivity index (χ2v) is 4.89. The maximum Gasteiger partial charge on any atom is 0.201 e. The minimum absolute atomic E-state index is 0.0112. The van der Waals surface area contributed by atoms with Crippen LogP contribution in [-0.4, -0.2) is 42.8 Å². The number of phenols is 1. The van der Waals surface area contributed by atoms with Crippen LogP contribution in [0.15, 0.2) is 6.07 Å². The topological polar surface area (TPSA) is 79.2 Å². The van der Waals surface area contributed by atoms with Gasteiger partial charge in [0.15, 0.2) is 11.5 Å². The van der Waals surface area contributed by atoms with Gasteiger partial charge in [0, 0.05) is 18.8 Å². The van der Waals surface area contributed by atoms with E-state index in [0.717, 1.165) is 11.1 Å². The van der Waals surface area contributed by atoms with Crippen LogP contribution in [0.25, 0.3) is 0 Å². The number of hydrogen-bond acceptors (Lipinski definition) is 5. The number of hydrogen-bond donors (Lipinski definition) is 3. The molecule has 0 heterocycles. The summed E-state index contributed by atoms with van der Waals surface area (Å²) in [6.45, 7) is 0.0524. The Morgan fingerprint density at radius 1 is 1.11 bits per heavy atom. The molecule has 0 bridgehead atoms. The van der Waals surface area contributed by atoms with E-state index in [0.29, 0.717) is 24.3 Å². The van der Waals surface area contributed by atoms with Crippen molar-refractivity contribution in [3.05, 3.63) is 17.2 Å². The predicted molar refractivity (Wildman–Crippen MR) is 69.8 cm³/mol. The van der Waals surface area contributed by atoms with Crippen molar-refractivity contribution in [3.8, 4) is 17.2 Å². The molecule has 1 aromatic rings. The Morgan fingerprint density at radius 2 is 1.74 bits per heavy atom. The molecule has 0 saturated carbocycles. The summed E-state index contributed by atoms with van der Waals surface area (Å²) in [5, 5.41) is 28.9. The molecule has 5 heteroatoms. The molecule has 2 atom stereocenters. The minimum Gasteiger partial charge on any atom is -0.502 e. The summed E-state index contributed by atoms with van der Waals surface area (Å²) in [5.41, 5.74) is 1.89. The molecular formula is C14H20O5. The van der Waals surface area contributed by atoms with Crippen molar-refractivity contribution in [3.63, 3.8) is 0 Å². The van der Waals surface area contributed by atoms with E-state index in [1.54, 1.807) is 6.07 Å². The van der Waals surface area contributed by atoms with Gasteiger partial charge in [-0.1, -0.05) is 0 Å². The first-order valence-corrected chi connectivity index (χ1v) is 6.33. The van der Waals surface area contributed by atoms with E-state index in [-0.39, 0.29) is 30.8 Å². The van der Waals surface area contributed by atoms with Crippen LogP contribution in [0, 0.1) is 11.8 Å². The second-order valence-electron chi connectivity index (χ2n) is 4.89. The Balaban J connectivity index is 2.50. The monoisotopic (exact) mass is 268 g/mol. The summed E-state index contributed by atoms with van der Waals surface area (Å²) in [4.78, 5) is 0. The van der Waals surface area contributed by atoms with Crippen molar-refractivity contribution in [2.24, 2.45) is 11.8 Å². The average molecular weight is 268 g/mol. The van der Waals surface area contributed by atoms with Crippen LogP contribution in [0.2, 0.25) is 0 Å². The maximum absolute atomic E-state index is 10.1. The molecule has 1 aliphatic rings. The fourth-order valence-corrected chi connectivity index (χ4v) is 2.80. The van der Waals surface area contributed by atoms with Gasteiger partial charge in [0.1, 0.15) is 0 Å². The van der Waals surface area contributed by atoms with E-state index in [9.17, 15) is 15.3 Å². The Labute approximate surface area is 112 Å². The van der Waals surface area contributed by atoms with Crippen molar-refractivity contribution >= 4 is 0 Å². The number of aromatic hydroxyl groups is 1. The lowest BCUT2D eigenvalue weighted by molar-refractivity contribution is 0.112. The Bertz CT molecular complexity index is 458. The summed E-state index contributed by atoms with van der Waals surface area (Å²) in [6.07, 6.45) is 1.22. The third-order valence-electron chi connectivity index (χ3n) is 3.92. The lowest BCUT2D eigenvalue weighted by Crippen LogP contribution is -2.31. The van der Waals surface area contributed by atoms with Crippen molar-refractivity contribution in [2.75, 3.05) is 27.4 Å². The number of phenolic OH excluding ortho intramolecular Hbond substituents is 1. The van der Waals surface area contributed by atoms with E-state index >= 15 is 0 Å². The molecule has 0 spiro atoms. The lowest BCUT2D eigenvalue weighted by atomic mass is 9.76. The normalized spacial score (nSPS) is 21.9. The van der Waals surface area contributed by atoms with E-state index < -0.39 is 0 Å². The molecular weight excluding hydrogens is 248 g/mol. The Hall–Kier alpha value is -1.46. The molecule has 0 radical (unpaired) electrons. The number of methoxy groups -OCH3 is 2. The van der Waals surface area contributed by atoms with Crippen LogP contribution in [-0.2, 0) is 12.8 Å². The van der Waals surface area contributed by atoms with Gasteiger partial charge in [0.25, 0.3) is 0 Å². The molecule has 5 nitrogen and oxygen atoms in total. The summed E-state index contributed by atoms with van der Waals surface area (Å²) >= 11 is 0. The molecule has 1 aromatic carbocycles. The van der Waals surface area contributed by atoms with Crippen LogP contribution in [0.5, 0.6) is 17.2 Å². The van der Waals surface area contributed by atoms with Gasteiger partial charge in [0.2, 0.25) is 5.75 Å². The fourth-order valence-electron chi connectivity index (χ4n) is 2.80. The molecule has 0 fully saturated rings. The molecule has 0 aliphatic heterocycles. The first-order valence-electron chi connectivity index (χ1n) is 6.33. The largest absolute Gasteiger partial charge is 0.502 e. The van der Waals surface area contributed by atoms with E-state index in [2.05, 4.69) is 0 Å². The summed E-state index contributed by atoms with van der Waals surface area (Å²) in [5.74, 6) is 0.775. The molecule has 19 heavy (non-hydrogen) atoms. The van der Waals surface area contributed by atoms with Gasteiger partial charge in [-0.2, -0.15) is 0 Å². The van der Waals surface area contributed by atoms with Crippen LogP contribution in [0.3, 0.4) is 0 Å². The Morgan fingerprint density at radius 3 is 2.26 bits per heavy atom. The van der Waals surface area contributed by atoms with Gasteiger partial charge >= 0.3 is 0 Å². The molecule has 106 valence electrons. The van der Waals surface area contributed by atoms with Gasteiger partial charge in [-0.3, -0.25) is 0 Å². The van der Waals surface area contributed by atoms with Crippen LogP contribution < -0.4 is 9.47 Å². The summed E-state index contributed by atoms with van der Waals surface area (Å²) in [6, 6.07) is 1.78. The third-order valence-corrected chi connectivity index (χ3v) is 3.92. The van der Waals surface area contributed by atoms with E-state index in [4.69, 9.17) is 9.47 Å². The quantitative estimate of drug-likeness (QED) is 0.750. The maximum atomic E-state index is 10.1. The van der Waals surface area contributed by atoms with Gasteiger partial charge in [-0.25, -0.2) is 0 Å². The fraction of sp³-hybridized carbons (Fsp3) is 0.571.